The number of hydrogen-bond donors (Lipinski definition) is 2. The fourth-order valence-corrected chi connectivity index (χ4v) is 4.97. The van der Waals surface area contributed by atoms with E-state index in [-0.39, 0.29) is 29.4 Å². The van der Waals surface area contributed by atoms with Gasteiger partial charge >= 0.3 is 13.1 Å². The van der Waals surface area contributed by atoms with Crippen molar-refractivity contribution in [3.05, 3.63) is 40.6 Å². The Hall–Kier alpha value is -2.65. The van der Waals surface area contributed by atoms with Crippen LogP contribution in [0.25, 0.3) is 0 Å². The first kappa shape index (κ1) is 42.4. The van der Waals surface area contributed by atoms with E-state index < -0.39 is 23.7 Å². The van der Waals surface area contributed by atoms with Gasteiger partial charge in [0.2, 0.25) is 5.91 Å². The Balaban J connectivity index is 0.00000122. The molecular formula is C38H65BN2O6. The minimum absolute atomic E-state index is 0.164. The highest BCUT2D eigenvalue weighted by Crippen LogP contribution is 2.37. The van der Waals surface area contributed by atoms with Gasteiger partial charge in [0, 0.05) is 12.3 Å². The molecular weight excluding hydrogens is 591 g/mol. The van der Waals surface area contributed by atoms with Gasteiger partial charge < -0.3 is 24.7 Å². The van der Waals surface area contributed by atoms with Crippen LogP contribution in [-0.2, 0) is 34.9 Å². The van der Waals surface area contributed by atoms with Crippen LogP contribution in [0.3, 0.4) is 0 Å². The molecule has 0 aliphatic carbocycles. The average molecular weight is 657 g/mol. The van der Waals surface area contributed by atoms with Crippen LogP contribution >= 0.6 is 0 Å². The van der Waals surface area contributed by atoms with Gasteiger partial charge in [-0.2, -0.15) is 0 Å². The maximum atomic E-state index is 13.7. The van der Waals surface area contributed by atoms with Crippen LogP contribution in [0.2, 0.25) is 0 Å². The second-order valence-electron chi connectivity index (χ2n) is 15.7. The summed E-state index contributed by atoms with van der Waals surface area (Å²) >= 11 is 0. The van der Waals surface area contributed by atoms with Crippen LogP contribution in [0.15, 0.2) is 29.5 Å². The molecule has 1 unspecified atom stereocenters. The molecule has 1 aliphatic rings. The lowest BCUT2D eigenvalue weighted by Crippen LogP contribution is -2.42. The summed E-state index contributed by atoms with van der Waals surface area (Å²) in [6, 6.07) is 6.19. The quantitative estimate of drug-likeness (QED) is 0.103. The minimum Gasteiger partial charge on any atom is -0.460 e. The zero-order valence-electron chi connectivity index (χ0n) is 32.3. The number of carbonyl (C=O) groups is 3. The number of allylic oxidation sites excluding steroid dienone is 1. The third-order valence-electron chi connectivity index (χ3n) is 8.65. The highest BCUT2D eigenvalue weighted by Gasteiger charge is 2.51. The van der Waals surface area contributed by atoms with Crippen LogP contribution in [0, 0.1) is 5.41 Å². The zero-order chi connectivity index (χ0) is 36.4. The average Bonchev–Trinajstić information content (AvgIpc) is 3.16. The van der Waals surface area contributed by atoms with E-state index in [1.54, 1.807) is 0 Å². The van der Waals surface area contributed by atoms with Crippen LogP contribution in [0.4, 0.5) is 0 Å². The van der Waals surface area contributed by atoms with Gasteiger partial charge in [-0.25, -0.2) is 0 Å². The van der Waals surface area contributed by atoms with Crippen molar-refractivity contribution in [3.63, 3.8) is 0 Å². The van der Waals surface area contributed by atoms with Crippen LogP contribution < -0.4 is 16.1 Å². The Bertz CT molecular complexity index is 1220. The predicted molar refractivity (Wildman–Crippen MR) is 193 cm³/mol. The second kappa shape index (κ2) is 17.7. The molecule has 1 aromatic rings. The first-order valence-corrected chi connectivity index (χ1v) is 17.5. The summed E-state index contributed by atoms with van der Waals surface area (Å²) in [5.41, 5.74) is 2.75. The molecule has 266 valence electrons. The molecule has 2 rings (SSSR count). The Morgan fingerprint density at radius 3 is 1.89 bits per heavy atom. The lowest BCUT2D eigenvalue weighted by Gasteiger charge is -2.32. The molecule has 47 heavy (non-hydrogen) atoms. The number of hydrogen-bond acceptors (Lipinski definition) is 6. The Kier molecular flexibility index (Phi) is 15.9. The van der Waals surface area contributed by atoms with Crippen LogP contribution in [-0.4, -0.2) is 41.7 Å². The molecule has 1 aromatic carbocycles. The molecule has 1 heterocycles. The fourth-order valence-electron chi connectivity index (χ4n) is 4.97. The first-order chi connectivity index (χ1) is 21.5. The standard InChI is InChI=1S/C32H53BN2O4.C6H12O2/c1-12-15-16-17-18-26(34-28(36)27(22(4)13-2)35-29(37)30(5,6)7)25-20-19-24(21-23(25)14-3)33-38-31(8,9)32(10,11)39-33;1-5(7)8-6(2,3)4/h19-21,26H,12-18H2,1-11H3,(H,34,36)(H,35,37);1-4H3/b27-22+;. The van der Waals surface area contributed by atoms with Crippen molar-refractivity contribution in [2.75, 3.05) is 0 Å². The second-order valence-corrected chi connectivity index (χ2v) is 15.7. The molecule has 8 nitrogen and oxygen atoms in total. The molecule has 1 fully saturated rings. The summed E-state index contributed by atoms with van der Waals surface area (Å²) in [5.74, 6) is -0.622. The van der Waals surface area contributed by atoms with E-state index in [0.717, 1.165) is 48.7 Å². The molecule has 1 saturated heterocycles. The lowest BCUT2D eigenvalue weighted by molar-refractivity contribution is -0.151. The maximum absolute atomic E-state index is 13.7. The van der Waals surface area contributed by atoms with Gasteiger partial charge in [-0.1, -0.05) is 85.4 Å². The first-order valence-electron chi connectivity index (χ1n) is 17.5. The van der Waals surface area contributed by atoms with Crippen LogP contribution in [0.5, 0.6) is 0 Å². The Morgan fingerprint density at radius 1 is 0.894 bits per heavy atom. The summed E-state index contributed by atoms with van der Waals surface area (Å²) in [4.78, 5) is 36.7. The van der Waals surface area contributed by atoms with E-state index >= 15 is 0 Å². The monoisotopic (exact) mass is 656 g/mol. The number of aryl methyl sites for hydroxylation is 1. The maximum Gasteiger partial charge on any atom is 0.494 e. The third-order valence-corrected chi connectivity index (χ3v) is 8.65. The number of esters is 1. The van der Waals surface area contributed by atoms with Crippen LogP contribution in [0.1, 0.15) is 160 Å². The lowest BCUT2D eigenvalue weighted by atomic mass is 9.76. The van der Waals surface area contributed by atoms with Gasteiger partial charge in [0.1, 0.15) is 11.3 Å². The van der Waals surface area contributed by atoms with Gasteiger partial charge in [-0.05, 0) is 96.8 Å². The highest BCUT2D eigenvalue weighted by molar-refractivity contribution is 6.62. The van der Waals surface area contributed by atoms with Crippen molar-refractivity contribution >= 4 is 30.4 Å². The third kappa shape index (κ3) is 13.4. The van der Waals surface area contributed by atoms with Gasteiger partial charge in [0.25, 0.3) is 5.91 Å². The number of unbranched alkanes of at least 4 members (excludes halogenated alkanes) is 3. The van der Waals surface area contributed by atoms with E-state index in [4.69, 9.17) is 14.0 Å². The van der Waals surface area contributed by atoms with Gasteiger partial charge in [0.15, 0.2) is 0 Å². The molecule has 2 amide bonds. The Labute approximate surface area is 286 Å². The summed E-state index contributed by atoms with van der Waals surface area (Å²) in [5, 5.41) is 6.22. The van der Waals surface area contributed by atoms with Crippen molar-refractivity contribution < 1.29 is 28.4 Å². The van der Waals surface area contributed by atoms with Crippen molar-refractivity contribution in [1.29, 1.82) is 0 Å². The number of ether oxygens (including phenoxy) is 1. The van der Waals surface area contributed by atoms with E-state index in [1.165, 1.54) is 18.9 Å². The number of rotatable bonds is 12. The number of nitrogens with one attached hydrogen (secondary N) is 2. The van der Waals surface area contributed by atoms with Crippen molar-refractivity contribution in [3.8, 4) is 0 Å². The molecule has 0 radical (unpaired) electrons. The summed E-state index contributed by atoms with van der Waals surface area (Å²) in [7, 11) is -0.429. The molecule has 2 N–H and O–H groups in total. The normalized spacial score (nSPS) is 16.8. The molecule has 0 bridgehead atoms. The number of benzene rings is 1. The Morgan fingerprint density at radius 2 is 1.47 bits per heavy atom. The van der Waals surface area contributed by atoms with Gasteiger partial charge in [-0.15, -0.1) is 0 Å². The van der Waals surface area contributed by atoms with E-state index in [1.807, 2.05) is 55.4 Å². The highest BCUT2D eigenvalue weighted by atomic mass is 16.7. The molecule has 1 atom stereocenters. The molecule has 9 heteroatoms. The topological polar surface area (TPSA) is 103 Å². The molecule has 1 aliphatic heterocycles. The van der Waals surface area contributed by atoms with Gasteiger partial charge in [0.05, 0.1) is 17.2 Å². The number of amides is 2. The molecule has 0 spiro atoms. The predicted octanol–water partition coefficient (Wildman–Crippen LogP) is 7.87. The summed E-state index contributed by atoms with van der Waals surface area (Å²) in [6.07, 6.45) is 6.79. The molecule has 0 aromatic heterocycles. The van der Waals surface area contributed by atoms with Crippen molar-refractivity contribution in [1.82, 2.24) is 10.6 Å². The summed E-state index contributed by atoms with van der Waals surface area (Å²) < 4.78 is 17.4. The zero-order valence-corrected chi connectivity index (χ0v) is 32.3. The number of carbonyl (C=O) groups excluding carboxylic acids is 3. The van der Waals surface area contributed by atoms with E-state index in [0.29, 0.717) is 12.1 Å². The van der Waals surface area contributed by atoms with Crippen molar-refractivity contribution in [2.45, 2.75) is 172 Å². The fraction of sp³-hybridized carbons (Fsp3) is 0.711. The minimum atomic E-state index is -0.599. The smallest absolute Gasteiger partial charge is 0.460 e. The van der Waals surface area contributed by atoms with Gasteiger partial charge in [-0.3, -0.25) is 14.4 Å². The van der Waals surface area contributed by atoms with E-state index in [2.05, 4.69) is 70.4 Å². The summed E-state index contributed by atoms with van der Waals surface area (Å²) in [6.45, 7) is 29.0. The largest absolute Gasteiger partial charge is 0.494 e. The molecule has 0 saturated carbocycles. The van der Waals surface area contributed by atoms with E-state index in [9.17, 15) is 14.4 Å². The SMILES string of the molecule is CC(=O)OC(C)(C)C.CCCCCCC(NC(=O)/C(NC(=O)C(C)(C)C)=C(/C)CC)c1ccc(B2OC(C)(C)C(C)(C)O2)cc1CC. The van der Waals surface area contributed by atoms with Crippen molar-refractivity contribution in [2.24, 2.45) is 5.41 Å².